The highest BCUT2D eigenvalue weighted by molar-refractivity contribution is 5.69. The summed E-state index contributed by atoms with van der Waals surface area (Å²) in [5.41, 5.74) is 0.761. The largest absolute Gasteiger partial charge is 0.619 e. The number of hydrogen-bond acceptors (Lipinski definition) is 3. The third-order valence-corrected chi connectivity index (χ3v) is 1.36. The Bertz CT molecular complexity index is 309. The van der Waals surface area contributed by atoms with Crippen LogP contribution in [-0.4, -0.2) is 5.97 Å². The number of nitrogens with zero attached hydrogens (tertiary/aromatic N) is 1. The lowest BCUT2D eigenvalue weighted by Crippen LogP contribution is -2.25. The Hall–Kier alpha value is -1.58. The first kappa shape index (κ1) is 8.52. The summed E-state index contributed by atoms with van der Waals surface area (Å²) in [6, 6.07) is 1.59. The van der Waals surface area contributed by atoms with E-state index in [0.717, 1.165) is 5.56 Å². The van der Waals surface area contributed by atoms with Gasteiger partial charge in [0.15, 0.2) is 11.9 Å². The summed E-state index contributed by atoms with van der Waals surface area (Å²) in [4.78, 5) is 10.5. The Morgan fingerprint density at radius 2 is 2.33 bits per heavy atom. The summed E-state index contributed by atoms with van der Waals surface area (Å²) in [6.07, 6.45) is 2.57. The predicted molar refractivity (Wildman–Crippen MR) is 41.4 cm³/mol. The van der Waals surface area contributed by atoms with Crippen molar-refractivity contribution in [1.29, 1.82) is 0 Å². The molecule has 64 valence electrons. The first-order valence-electron chi connectivity index (χ1n) is 3.47. The number of pyridine rings is 1. The van der Waals surface area contributed by atoms with Crippen molar-refractivity contribution in [3.63, 3.8) is 0 Å². The molecule has 1 rings (SSSR count). The first-order chi connectivity index (χ1) is 5.59. The van der Waals surface area contributed by atoms with E-state index < -0.39 is 5.97 Å². The second-order valence-corrected chi connectivity index (χ2v) is 2.45. The molecule has 1 aromatic heterocycles. The van der Waals surface area contributed by atoms with Crippen LogP contribution >= 0.6 is 0 Å². The summed E-state index contributed by atoms with van der Waals surface area (Å²) in [6.45, 7) is 3.06. The molecule has 12 heavy (non-hydrogen) atoms. The topological polar surface area (TPSA) is 53.2 Å². The molecular formula is C8H9NO3. The van der Waals surface area contributed by atoms with E-state index in [1.54, 1.807) is 13.0 Å². The van der Waals surface area contributed by atoms with Gasteiger partial charge in [-0.2, -0.15) is 4.73 Å². The van der Waals surface area contributed by atoms with Crippen LogP contribution in [0.25, 0.3) is 0 Å². The Morgan fingerprint density at radius 3 is 2.92 bits per heavy atom. The molecule has 0 N–H and O–H groups in total. The first-order valence-corrected chi connectivity index (χ1v) is 3.47. The molecule has 4 nitrogen and oxygen atoms in total. The fourth-order valence-corrected chi connectivity index (χ4v) is 0.790. The maximum Gasteiger partial charge on any atom is 0.308 e. The highest BCUT2D eigenvalue weighted by atomic mass is 16.5. The number of rotatable bonds is 1. The summed E-state index contributed by atoms with van der Waals surface area (Å²) < 4.78 is 5.35. The van der Waals surface area contributed by atoms with Crippen molar-refractivity contribution >= 4 is 5.97 Å². The molecule has 0 amide bonds. The molecule has 0 aliphatic carbocycles. The van der Waals surface area contributed by atoms with Crippen LogP contribution in [0.4, 0.5) is 0 Å². The number of aryl methyl sites for hydroxylation is 1. The zero-order valence-electron chi connectivity index (χ0n) is 6.90. The van der Waals surface area contributed by atoms with Gasteiger partial charge in [-0.15, -0.1) is 0 Å². The Labute approximate surface area is 70.0 Å². The second kappa shape index (κ2) is 3.21. The minimum Gasteiger partial charge on any atom is -0.619 e. The summed E-state index contributed by atoms with van der Waals surface area (Å²) in [7, 11) is 0. The van der Waals surface area contributed by atoms with Crippen molar-refractivity contribution in [2.45, 2.75) is 13.8 Å². The average molecular weight is 167 g/mol. The molecule has 0 aromatic carbocycles. The van der Waals surface area contributed by atoms with Crippen LogP contribution in [0.1, 0.15) is 12.5 Å². The van der Waals surface area contributed by atoms with Gasteiger partial charge in [0.25, 0.3) is 0 Å². The molecule has 0 unspecified atom stereocenters. The van der Waals surface area contributed by atoms with Gasteiger partial charge in [0.05, 0.1) is 0 Å². The lowest BCUT2D eigenvalue weighted by atomic mass is 10.3. The van der Waals surface area contributed by atoms with Gasteiger partial charge in [-0.3, -0.25) is 4.79 Å². The van der Waals surface area contributed by atoms with E-state index in [9.17, 15) is 10.0 Å². The maximum absolute atomic E-state index is 10.7. The van der Waals surface area contributed by atoms with Crippen LogP contribution in [0.2, 0.25) is 0 Å². The fourth-order valence-electron chi connectivity index (χ4n) is 0.790. The molecule has 0 spiro atoms. The summed E-state index contributed by atoms with van der Waals surface area (Å²) in [5, 5.41) is 10.7. The van der Waals surface area contributed by atoms with Crippen molar-refractivity contribution in [3.8, 4) is 5.75 Å². The van der Waals surface area contributed by atoms with Crippen LogP contribution in [0.5, 0.6) is 5.75 Å². The Morgan fingerprint density at radius 1 is 1.67 bits per heavy atom. The van der Waals surface area contributed by atoms with Gasteiger partial charge in [0.1, 0.15) is 0 Å². The molecule has 1 heterocycles. The molecule has 0 fully saturated rings. The summed E-state index contributed by atoms with van der Waals surface area (Å²) in [5.74, 6) is -0.121. The minimum absolute atomic E-state index is 0.306. The molecule has 0 radical (unpaired) electrons. The van der Waals surface area contributed by atoms with Crippen LogP contribution in [0.15, 0.2) is 18.5 Å². The molecule has 0 aliphatic heterocycles. The SMILES string of the molecule is CC(=O)Oc1c[n+]([O-])ccc1C. The van der Waals surface area contributed by atoms with E-state index in [4.69, 9.17) is 4.74 Å². The van der Waals surface area contributed by atoms with Crippen molar-refractivity contribution < 1.29 is 14.3 Å². The van der Waals surface area contributed by atoms with Gasteiger partial charge < -0.3 is 9.94 Å². The molecule has 0 aliphatic rings. The number of carbonyl (C=O) groups is 1. The number of aromatic nitrogens is 1. The zero-order valence-corrected chi connectivity index (χ0v) is 6.90. The molecule has 0 saturated carbocycles. The predicted octanol–water partition coefficient (Wildman–Crippen LogP) is 0.554. The summed E-state index contributed by atoms with van der Waals surface area (Å²) >= 11 is 0. The van der Waals surface area contributed by atoms with E-state index in [-0.39, 0.29) is 0 Å². The zero-order chi connectivity index (χ0) is 9.14. The van der Waals surface area contributed by atoms with Gasteiger partial charge in [0.2, 0.25) is 6.20 Å². The normalized spacial score (nSPS) is 9.50. The molecule has 0 atom stereocenters. The molecular weight excluding hydrogens is 158 g/mol. The van der Waals surface area contributed by atoms with Crippen LogP contribution < -0.4 is 9.47 Å². The molecule has 1 aromatic rings. The molecule has 4 heteroatoms. The van der Waals surface area contributed by atoms with Crippen molar-refractivity contribution in [3.05, 3.63) is 29.2 Å². The molecule has 0 bridgehead atoms. The van der Waals surface area contributed by atoms with E-state index in [1.807, 2.05) is 0 Å². The van der Waals surface area contributed by atoms with E-state index in [2.05, 4.69) is 0 Å². The lowest BCUT2D eigenvalue weighted by Gasteiger charge is -2.03. The number of esters is 1. The van der Waals surface area contributed by atoms with Crippen LogP contribution in [-0.2, 0) is 4.79 Å². The fraction of sp³-hybridized carbons (Fsp3) is 0.250. The standard InChI is InChI=1S/C8H9NO3/c1-6-3-4-9(11)5-8(6)12-7(2)10/h3-5H,1-2H3. The minimum atomic E-state index is -0.427. The number of carbonyl (C=O) groups excluding carboxylic acids is 1. The number of hydrogen-bond donors (Lipinski definition) is 0. The highest BCUT2D eigenvalue weighted by Gasteiger charge is 2.05. The number of ether oxygens (including phenoxy) is 1. The van der Waals surface area contributed by atoms with Crippen molar-refractivity contribution in [1.82, 2.24) is 0 Å². The van der Waals surface area contributed by atoms with E-state index in [0.29, 0.717) is 10.5 Å². The smallest absolute Gasteiger partial charge is 0.308 e. The quantitative estimate of drug-likeness (QED) is 0.348. The van der Waals surface area contributed by atoms with Gasteiger partial charge in [0, 0.05) is 18.6 Å². The molecule has 0 saturated heterocycles. The third kappa shape index (κ3) is 1.95. The van der Waals surface area contributed by atoms with Gasteiger partial charge in [-0.05, 0) is 6.92 Å². The van der Waals surface area contributed by atoms with Crippen LogP contribution in [0, 0.1) is 12.1 Å². The third-order valence-electron chi connectivity index (χ3n) is 1.36. The lowest BCUT2D eigenvalue weighted by molar-refractivity contribution is -0.605. The Balaban J connectivity index is 2.97. The van der Waals surface area contributed by atoms with Crippen molar-refractivity contribution in [2.75, 3.05) is 0 Å². The maximum atomic E-state index is 10.7. The van der Waals surface area contributed by atoms with Crippen molar-refractivity contribution in [2.24, 2.45) is 0 Å². The average Bonchev–Trinajstić information content (AvgIpc) is 1.96. The second-order valence-electron chi connectivity index (χ2n) is 2.45. The monoisotopic (exact) mass is 167 g/mol. The highest BCUT2D eigenvalue weighted by Crippen LogP contribution is 2.13. The van der Waals surface area contributed by atoms with Gasteiger partial charge in [-0.1, -0.05) is 0 Å². The van der Waals surface area contributed by atoms with Gasteiger partial charge >= 0.3 is 5.97 Å². The van der Waals surface area contributed by atoms with E-state index in [1.165, 1.54) is 19.3 Å². The Kier molecular flexibility index (Phi) is 2.28. The van der Waals surface area contributed by atoms with Gasteiger partial charge in [-0.25, -0.2) is 0 Å². The van der Waals surface area contributed by atoms with E-state index >= 15 is 0 Å². The van der Waals surface area contributed by atoms with Crippen LogP contribution in [0.3, 0.4) is 0 Å².